The average molecular weight is 471 g/mol. The lowest BCUT2D eigenvalue weighted by atomic mass is 9.97. The van der Waals surface area contributed by atoms with Gasteiger partial charge in [-0.25, -0.2) is 4.39 Å². The molecule has 1 N–H and O–H groups in total. The first-order valence-electron chi connectivity index (χ1n) is 10.9. The predicted molar refractivity (Wildman–Crippen MR) is 133 cm³/mol. The average Bonchev–Trinajstić information content (AvgIpc) is 3.17. The monoisotopic (exact) mass is 470 g/mol. The summed E-state index contributed by atoms with van der Waals surface area (Å²) in [6.07, 6.45) is 6.53. The Balaban J connectivity index is 0.00000306. The lowest BCUT2D eigenvalue weighted by Gasteiger charge is -2.38. The maximum atomic E-state index is 14.0. The Morgan fingerprint density at radius 2 is 1.94 bits per heavy atom. The number of rotatable bonds is 6. The third-order valence-electron chi connectivity index (χ3n) is 5.94. The molecule has 1 aliphatic heterocycles. The number of hydrogen-bond acceptors (Lipinski definition) is 5. The zero-order valence-corrected chi connectivity index (χ0v) is 20.7. The maximum Gasteiger partial charge on any atom is 0.247 e. The van der Waals surface area contributed by atoms with Crippen molar-refractivity contribution in [2.45, 2.75) is 53.1 Å². The number of carbonyl (C=O) groups excluding carboxylic acids is 1. The summed E-state index contributed by atoms with van der Waals surface area (Å²) in [7, 11) is 1.97. The second-order valence-corrected chi connectivity index (χ2v) is 8.85. The summed E-state index contributed by atoms with van der Waals surface area (Å²) >= 11 is 0. The van der Waals surface area contributed by atoms with Crippen LogP contribution in [-0.4, -0.2) is 38.7 Å². The highest BCUT2D eigenvalue weighted by Gasteiger charge is 2.34. The van der Waals surface area contributed by atoms with Gasteiger partial charge in [-0.1, -0.05) is 13.8 Å². The molecule has 1 atom stereocenters. The summed E-state index contributed by atoms with van der Waals surface area (Å²) in [5.74, 6) is -0.108. The predicted octanol–water partition coefficient (Wildman–Crippen LogP) is 3.79. The molecule has 0 saturated carbocycles. The van der Waals surface area contributed by atoms with E-state index in [0.717, 1.165) is 46.9 Å². The molecule has 0 aliphatic carbocycles. The van der Waals surface area contributed by atoms with Gasteiger partial charge in [0.15, 0.2) is 0 Å². The maximum absolute atomic E-state index is 14.0. The molecule has 3 aromatic heterocycles. The van der Waals surface area contributed by atoms with E-state index in [2.05, 4.69) is 40.2 Å². The topological polar surface area (TPSA) is 75.9 Å². The largest absolute Gasteiger partial charge is 0.361 e. The number of halogens is 1. The molecule has 0 fully saturated rings. The van der Waals surface area contributed by atoms with E-state index >= 15 is 0 Å². The van der Waals surface area contributed by atoms with Gasteiger partial charge in [0.25, 0.3) is 0 Å². The fraction of sp³-hybridized carbons (Fsp3) is 0.417. The first-order valence-corrected chi connectivity index (χ1v) is 10.9. The van der Waals surface area contributed by atoms with Gasteiger partial charge in [-0.05, 0) is 50.3 Å². The number of pyridine rings is 2. The Morgan fingerprint density at radius 3 is 2.67 bits per heavy atom. The zero-order chi connectivity index (χ0) is 23.0. The van der Waals surface area contributed by atoms with E-state index in [-0.39, 0.29) is 37.2 Å². The minimum Gasteiger partial charge on any atom is -0.361 e. The summed E-state index contributed by atoms with van der Waals surface area (Å²) in [4.78, 5) is 23.3. The highest BCUT2D eigenvalue weighted by Crippen LogP contribution is 2.35. The summed E-state index contributed by atoms with van der Waals surface area (Å²) in [6.45, 7) is 8.24. The molecule has 0 saturated heterocycles. The molecule has 0 unspecified atom stereocenters. The number of likely N-dealkylation sites (N-methyl/N-ethyl adjacent to an activating group) is 1. The van der Waals surface area contributed by atoms with Crippen LogP contribution in [0.15, 0.2) is 30.7 Å². The Bertz CT molecular complexity index is 1160. The Labute approximate surface area is 200 Å². The molecule has 0 aromatic carbocycles. The Kier molecular flexibility index (Phi) is 7.41. The quantitative estimate of drug-likeness (QED) is 0.593. The van der Waals surface area contributed by atoms with Crippen LogP contribution in [-0.2, 0) is 24.2 Å². The van der Waals surface area contributed by atoms with Gasteiger partial charge in [-0.3, -0.25) is 19.4 Å². The number of fused-ring (bicyclic) bond motifs is 1. The summed E-state index contributed by atoms with van der Waals surface area (Å²) < 4.78 is 15.7. The van der Waals surface area contributed by atoms with Crippen LogP contribution in [0.1, 0.15) is 42.1 Å². The van der Waals surface area contributed by atoms with Gasteiger partial charge in [0.1, 0.15) is 11.9 Å². The molecule has 3 aromatic rings. The van der Waals surface area contributed by atoms with Crippen LogP contribution in [0, 0.1) is 25.6 Å². The van der Waals surface area contributed by atoms with E-state index in [0.29, 0.717) is 12.1 Å². The lowest BCUT2D eigenvalue weighted by molar-refractivity contribution is -0.118. The molecule has 0 radical (unpaired) electrons. The first-order chi connectivity index (χ1) is 15.2. The molecular formula is C24H31FN6OS. The Morgan fingerprint density at radius 1 is 1.18 bits per heavy atom. The van der Waals surface area contributed by atoms with E-state index in [9.17, 15) is 9.18 Å². The lowest BCUT2D eigenvalue weighted by Crippen LogP contribution is -2.49. The standard InChI is InChI=1S/C24H29FN6O.H2S/c1-14(2)23-24(32)29-22-16(4)28-19(9-21(22)30(23)5)7-6-17-10-27-31(12-17)13-18-8-15(3)26-11-20(18)25;/h8-12,14,23H,6-7,13H2,1-5H3,(H,29,32);1H2/t23-;/m0./s1. The molecule has 0 bridgehead atoms. The van der Waals surface area contributed by atoms with Crippen molar-refractivity contribution in [3.8, 4) is 0 Å². The molecule has 7 nitrogen and oxygen atoms in total. The number of amides is 1. The minimum absolute atomic E-state index is 0. The Hall–Kier alpha value is -2.94. The van der Waals surface area contributed by atoms with Gasteiger partial charge in [-0.15, -0.1) is 0 Å². The molecule has 33 heavy (non-hydrogen) atoms. The fourth-order valence-corrected chi connectivity index (χ4v) is 4.34. The van der Waals surface area contributed by atoms with Crippen molar-refractivity contribution in [1.29, 1.82) is 0 Å². The number of hydrogen-bond donors (Lipinski definition) is 1. The number of aryl methyl sites for hydroxylation is 4. The zero-order valence-electron chi connectivity index (χ0n) is 19.7. The molecule has 9 heteroatoms. The fourth-order valence-electron chi connectivity index (χ4n) is 4.34. The third-order valence-corrected chi connectivity index (χ3v) is 5.94. The first kappa shape index (κ1) is 24.7. The minimum atomic E-state index is -0.322. The third kappa shape index (κ3) is 5.19. The van der Waals surface area contributed by atoms with Crippen molar-refractivity contribution in [1.82, 2.24) is 19.7 Å². The number of carbonyl (C=O) groups is 1. The van der Waals surface area contributed by atoms with E-state index in [4.69, 9.17) is 4.98 Å². The SMILES string of the molecule is Cc1cc(Cn2cc(CCc3cc4c(c(C)n3)NC(=O)[C@H](C(C)C)N4C)cn2)c(F)cn1.S. The van der Waals surface area contributed by atoms with Gasteiger partial charge in [0, 0.05) is 30.2 Å². The number of anilines is 2. The smallest absolute Gasteiger partial charge is 0.247 e. The highest BCUT2D eigenvalue weighted by atomic mass is 32.1. The number of nitrogens with one attached hydrogen (secondary N) is 1. The van der Waals surface area contributed by atoms with Crippen LogP contribution in [0.2, 0.25) is 0 Å². The summed E-state index contributed by atoms with van der Waals surface area (Å²) in [5.41, 5.74) is 6.00. The normalized spacial score (nSPS) is 15.3. The van der Waals surface area contributed by atoms with Gasteiger partial charge >= 0.3 is 0 Å². The van der Waals surface area contributed by atoms with Crippen LogP contribution in [0.5, 0.6) is 0 Å². The number of nitrogens with zero attached hydrogens (tertiary/aromatic N) is 5. The van der Waals surface area contributed by atoms with Crippen molar-refractivity contribution in [3.63, 3.8) is 0 Å². The van der Waals surface area contributed by atoms with Crippen LogP contribution in [0.3, 0.4) is 0 Å². The van der Waals surface area contributed by atoms with Crippen molar-refractivity contribution in [2.24, 2.45) is 5.92 Å². The molecule has 176 valence electrons. The van der Waals surface area contributed by atoms with Gasteiger partial charge < -0.3 is 10.2 Å². The van der Waals surface area contributed by atoms with Gasteiger partial charge in [0.2, 0.25) is 5.91 Å². The van der Waals surface area contributed by atoms with E-state index in [1.807, 2.05) is 33.3 Å². The molecular weight excluding hydrogens is 439 g/mol. The van der Waals surface area contributed by atoms with Crippen molar-refractivity contribution in [2.75, 3.05) is 17.3 Å². The summed E-state index contributed by atoms with van der Waals surface area (Å²) in [6, 6.07) is 3.61. The molecule has 1 aliphatic rings. The van der Waals surface area contributed by atoms with Crippen LogP contribution < -0.4 is 10.2 Å². The van der Waals surface area contributed by atoms with Crippen LogP contribution in [0.25, 0.3) is 0 Å². The van der Waals surface area contributed by atoms with Crippen LogP contribution >= 0.6 is 13.5 Å². The highest BCUT2D eigenvalue weighted by molar-refractivity contribution is 7.59. The second-order valence-electron chi connectivity index (χ2n) is 8.85. The van der Waals surface area contributed by atoms with Gasteiger partial charge in [0.05, 0.1) is 36.0 Å². The number of aromatic nitrogens is 4. The van der Waals surface area contributed by atoms with Gasteiger partial charge in [-0.2, -0.15) is 18.6 Å². The van der Waals surface area contributed by atoms with E-state index < -0.39 is 0 Å². The van der Waals surface area contributed by atoms with E-state index in [1.165, 1.54) is 6.20 Å². The molecule has 1 amide bonds. The van der Waals surface area contributed by atoms with Crippen molar-refractivity contribution >= 4 is 30.8 Å². The van der Waals surface area contributed by atoms with E-state index in [1.54, 1.807) is 10.7 Å². The van der Waals surface area contributed by atoms with Crippen molar-refractivity contribution in [3.05, 3.63) is 64.7 Å². The van der Waals surface area contributed by atoms with Crippen LogP contribution in [0.4, 0.5) is 15.8 Å². The molecule has 4 heterocycles. The summed E-state index contributed by atoms with van der Waals surface area (Å²) in [5, 5.41) is 7.42. The van der Waals surface area contributed by atoms with Crippen molar-refractivity contribution < 1.29 is 9.18 Å². The second kappa shape index (κ2) is 9.91. The molecule has 4 rings (SSSR count). The molecule has 0 spiro atoms.